The molecular weight excluding hydrogens is 194 g/mol. The summed E-state index contributed by atoms with van der Waals surface area (Å²) in [6.07, 6.45) is 10.0. The summed E-state index contributed by atoms with van der Waals surface area (Å²) in [5.41, 5.74) is 2.90. The van der Waals surface area contributed by atoms with Gasteiger partial charge >= 0.3 is 0 Å². The van der Waals surface area contributed by atoms with Crippen molar-refractivity contribution in [1.29, 1.82) is 0 Å². The zero-order chi connectivity index (χ0) is 11.8. The molecule has 0 saturated heterocycles. The minimum absolute atomic E-state index is 1.18. The first kappa shape index (κ1) is 13.2. The molecule has 1 heterocycles. The molecule has 0 N–H and O–H groups in total. The predicted octanol–water partition coefficient (Wildman–Crippen LogP) is 3.82. The van der Waals surface area contributed by atoms with Gasteiger partial charge in [-0.15, -0.1) is 0 Å². The fourth-order valence-electron chi connectivity index (χ4n) is 2.02. The Morgan fingerprint density at radius 2 is 1.81 bits per heavy atom. The highest BCUT2D eigenvalue weighted by Gasteiger charge is 2.09. The van der Waals surface area contributed by atoms with Crippen molar-refractivity contribution >= 4 is 0 Å². The fraction of sp³-hybridized carbons (Fsp3) is 0.667. The third-order valence-corrected chi connectivity index (χ3v) is 3.07. The van der Waals surface area contributed by atoms with Crippen molar-refractivity contribution < 1.29 is 4.57 Å². The molecule has 0 aliphatic carbocycles. The molecule has 0 saturated carbocycles. The van der Waals surface area contributed by atoms with Crippen LogP contribution in [0.1, 0.15) is 57.2 Å². The molecule has 0 radical (unpaired) electrons. The van der Waals surface area contributed by atoms with Crippen molar-refractivity contribution in [2.75, 3.05) is 0 Å². The highest BCUT2D eigenvalue weighted by atomic mass is 14.9. The quantitative estimate of drug-likeness (QED) is 0.486. The monoisotopic (exact) mass is 220 g/mol. The molecule has 0 atom stereocenters. The van der Waals surface area contributed by atoms with E-state index < -0.39 is 0 Å². The standard InChI is InChI=1S/C15H26N/c1-4-6-8-9-15-13-14(3)10-12-16(15)11-7-5-2/h10,12-13H,4-9,11H2,1-3H3/q+1. The smallest absolute Gasteiger partial charge is 0.181 e. The lowest BCUT2D eigenvalue weighted by Gasteiger charge is -2.04. The third-order valence-electron chi connectivity index (χ3n) is 3.07. The van der Waals surface area contributed by atoms with Crippen molar-refractivity contribution in [3.63, 3.8) is 0 Å². The van der Waals surface area contributed by atoms with Gasteiger partial charge in [-0.2, -0.15) is 0 Å². The maximum Gasteiger partial charge on any atom is 0.181 e. The van der Waals surface area contributed by atoms with Crippen LogP contribution in [0.4, 0.5) is 0 Å². The van der Waals surface area contributed by atoms with Crippen LogP contribution in [0.25, 0.3) is 0 Å². The number of pyridine rings is 1. The summed E-state index contributed by atoms with van der Waals surface area (Å²) in [4.78, 5) is 0. The van der Waals surface area contributed by atoms with Crippen LogP contribution in [0, 0.1) is 6.92 Å². The molecule has 0 spiro atoms. The normalized spacial score (nSPS) is 10.7. The molecule has 0 aromatic carbocycles. The Labute approximate surface area is 101 Å². The van der Waals surface area contributed by atoms with E-state index in [0.29, 0.717) is 0 Å². The van der Waals surface area contributed by atoms with Crippen molar-refractivity contribution in [2.24, 2.45) is 0 Å². The lowest BCUT2D eigenvalue weighted by atomic mass is 10.1. The maximum absolute atomic E-state index is 2.44. The second-order valence-electron chi connectivity index (χ2n) is 4.70. The number of hydrogen-bond donors (Lipinski definition) is 0. The minimum Gasteiger partial charge on any atom is -0.202 e. The molecule has 1 aromatic heterocycles. The van der Waals surface area contributed by atoms with Crippen molar-refractivity contribution in [3.8, 4) is 0 Å². The number of unbranched alkanes of at least 4 members (excludes halogenated alkanes) is 3. The zero-order valence-electron chi connectivity index (χ0n) is 11.1. The van der Waals surface area contributed by atoms with E-state index in [1.807, 2.05) is 0 Å². The summed E-state index contributed by atoms with van der Waals surface area (Å²) < 4.78 is 2.44. The van der Waals surface area contributed by atoms with E-state index in [9.17, 15) is 0 Å². The Morgan fingerprint density at radius 3 is 2.50 bits per heavy atom. The van der Waals surface area contributed by atoms with Crippen molar-refractivity contribution in [2.45, 2.75) is 65.8 Å². The van der Waals surface area contributed by atoms with E-state index in [4.69, 9.17) is 0 Å². The zero-order valence-corrected chi connectivity index (χ0v) is 11.1. The Balaban J connectivity index is 2.65. The topological polar surface area (TPSA) is 3.88 Å². The summed E-state index contributed by atoms with van der Waals surface area (Å²) in [6.45, 7) is 7.89. The summed E-state index contributed by atoms with van der Waals surface area (Å²) >= 11 is 0. The number of rotatable bonds is 7. The van der Waals surface area contributed by atoms with Gasteiger partial charge in [-0.3, -0.25) is 0 Å². The van der Waals surface area contributed by atoms with Gasteiger partial charge in [0.25, 0.3) is 0 Å². The number of nitrogens with zero attached hydrogens (tertiary/aromatic N) is 1. The molecular formula is C15H26N+. The number of hydrogen-bond acceptors (Lipinski definition) is 0. The summed E-state index contributed by atoms with van der Waals surface area (Å²) in [7, 11) is 0. The molecule has 0 aliphatic rings. The first-order valence-corrected chi connectivity index (χ1v) is 6.77. The first-order chi connectivity index (χ1) is 7.77. The van der Waals surface area contributed by atoms with Crippen LogP contribution in [0.5, 0.6) is 0 Å². The molecule has 0 amide bonds. The van der Waals surface area contributed by atoms with E-state index in [1.54, 1.807) is 0 Å². The molecule has 0 bridgehead atoms. The predicted molar refractivity (Wildman–Crippen MR) is 69.5 cm³/mol. The van der Waals surface area contributed by atoms with Crippen LogP contribution >= 0.6 is 0 Å². The Kier molecular flexibility index (Phi) is 6.14. The van der Waals surface area contributed by atoms with E-state index in [-0.39, 0.29) is 0 Å². The van der Waals surface area contributed by atoms with Crippen LogP contribution in [0.15, 0.2) is 18.3 Å². The lowest BCUT2D eigenvalue weighted by Crippen LogP contribution is -2.38. The van der Waals surface area contributed by atoms with Gasteiger partial charge in [0.05, 0.1) is 0 Å². The van der Waals surface area contributed by atoms with Gasteiger partial charge in [0.15, 0.2) is 11.9 Å². The van der Waals surface area contributed by atoms with Crippen LogP contribution < -0.4 is 4.57 Å². The maximum atomic E-state index is 2.44. The highest BCUT2D eigenvalue weighted by Crippen LogP contribution is 2.05. The van der Waals surface area contributed by atoms with Crippen molar-refractivity contribution in [1.82, 2.24) is 0 Å². The SMILES string of the molecule is CCCCCc1cc(C)cc[n+]1CCCC. The van der Waals surface area contributed by atoms with Gasteiger partial charge in [0, 0.05) is 25.0 Å². The van der Waals surface area contributed by atoms with Gasteiger partial charge in [-0.1, -0.05) is 33.1 Å². The molecule has 0 fully saturated rings. The van der Waals surface area contributed by atoms with Gasteiger partial charge in [0.1, 0.15) is 6.54 Å². The second kappa shape index (κ2) is 7.43. The summed E-state index contributed by atoms with van der Waals surface area (Å²) in [5, 5.41) is 0. The molecule has 1 rings (SSSR count). The first-order valence-electron chi connectivity index (χ1n) is 6.77. The fourth-order valence-corrected chi connectivity index (χ4v) is 2.02. The van der Waals surface area contributed by atoms with E-state index >= 15 is 0 Å². The lowest BCUT2D eigenvalue weighted by molar-refractivity contribution is -0.704. The molecule has 16 heavy (non-hydrogen) atoms. The Bertz CT molecular complexity index is 304. The minimum atomic E-state index is 1.18. The Morgan fingerprint density at radius 1 is 1.06 bits per heavy atom. The highest BCUT2D eigenvalue weighted by molar-refractivity contribution is 5.10. The van der Waals surface area contributed by atoms with Crippen LogP contribution in [0.3, 0.4) is 0 Å². The van der Waals surface area contributed by atoms with Gasteiger partial charge in [-0.25, -0.2) is 4.57 Å². The average Bonchev–Trinajstić information content (AvgIpc) is 2.28. The molecule has 0 aliphatic heterocycles. The Hall–Kier alpha value is -0.850. The average molecular weight is 220 g/mol. The van der Waals surface area contributed by atoms with E-state index in [2.05, 4.69) is 43.7 Å². The molecule has 1 heteroatoms. The van der Waals surface area contributed by atoms with Gasteiger partial charge in [0.2, 0.25) is 0 Å². The van der Waals surface area contributed by atoms with E-state index in [0.717, 1.165) is 0 Å². The molecule has 90 valence electrons. The number of aromatic nitrogens is 1. The molecule has 0 unspecified atom stereocenters. The van der Waals surface area contributed by atoms with Gasteiger partial charge < -0.3 is 0 Å². The van der Waals surface area contributed by atoms with Crippen molar-refractivity contribution in [3.05, 3.63) is 29.6 Å². The third kappa shape index (κ3) is 4.34. The summed E-state index contributed by atoms with van der Waals surface area (Å²) in [6, 6.07) is 4.57. The van der Waals surface area contributed by atoms with Crippen LogP contribution in [-0.2, 0) is 13.0 Å². The number of aryl methyl sites for hydroxylation is 3. The second-order valence-corrected chi connectivity index (χ2v) is 4.70. The molecule has 1 aromatic rings. The van der Waals surface area contributed by atoms with E-state index in [1.165, 1.54) is 56.3 Å². The van der Waals surface area contributed by atoms with Gasteiger partial charge in [-0.05, 0) is 18.9 Å². The van der Waals surface area contributed by atoms with Crippen LogP contribution in [0.2, 0.25) is 0 Å². The van der Waals surface area contributed by atoms with Crippen LogP contribution in [-0.4, -0.2) is 0 Å². The molecule has 1 nitrogen and oxygen atoms in total. The summed E-state index contributed by atoms with van der Waals surface area (Å²) in [5.74, 6) is 0. The largest absolute Gasteiger partial charge is 0.202 e.